The minimum Gasteiger partial charge on any atom is -0.459 e. The van der Waals surface area contributed by atoms with Crippen LogP contribution in [0.2, 0.25) is 0 Å². The highest BCUT2D eigenvalue weighted by molar-refractivity contribution is 5.83. The number of benzene rings is 2. The summed E-state index contributed by atoms with van der Waals surface area (Å²) in [6, 6.07) is 18.5. The number of hydrogen-bond donors (Lipinski definition) is 2. The maximum atomic E-state index is 5.79. The van der Waals surface area contributed by atoms with E-state index in [0.717, 1.165) is 27.9 Å². The summed E-state index contributed by atoms with van der Waals surface area (Å²) in [5.41, 5.74) is 3.18. The van der Waals surface area contributed by atoms with Gasteiger partial charge in [0.25, 0.3) is 0 Å². The van der Waals surface area contributed by atoms with Gasteiger partial charge in [-0.2, -0.15) is 0 Å². The summed E-state index contributed by atoms with van der Waals surface area (Å²) < 4.78 is 5.79. The van der Waals surface area contributed by atoms with Crippen molar-refractivity contribution in [3.63, 3.8) is 0 Å². The predicted molar refractivity (Wildman–Crippen MR) is 81.8 cm³/mol. The van der Waals surface area contributed by atoms with Gasteiger partial charge in [0.2, 0.25) is 0 Å². The van der Waals surface area contributed by atoms with E-state index in [2.05, 4.69) is 46.7 Å². The largest absolute Gasteiger partial charge is 0.459 e. The summed E-state index contributed by atoms with van der Waals surface area (Å²) in [6.07, 6.45) is 1.95. The van der Waals surface area contributed by atoms with E-state index < -0.39 is 0 Å². The summed E-state index contributed by atoms with van der Waals surface area (Å²) in [6.45, 7) is 0.685. The molecule has 98 valence electrons. The first kappa shape index (κ1) is 11.2. The molecule has 0 radical (unpaired) electrons. The zero-order chi connectivity index (χ0) is 13.4. The van der Waals surface area contributed by atoms with Crippen molar-refractivity contribution < 1.29 is 4.42 Å². The van der Waals surface area contributed by atoms with Crippen molar-refractivity contribution in [3.05, 3.63) is 66.6 Å². The van der Waals surface area contributed by atoms with Crippen LogP contribution in [0.1, 0.15) is 5.76 Å². The summed E-state index contributed by atoms with van der Waals surface area (Å²) in [5.74, 6) is 0.945. The average molecular weight is 262 g/mol. The van der Waals surface area contributed by atoms with E-state index in [0.29, 0.717) is 6.54 Å². The summed E-state index contributed by atoms with van der Waals surface area (Å²) in [7, 11) is 0. The Balaban J connectivity index is 1.56. The maximum absolute atomic E-state index is 5.79. The van der Waals surface area contributed by atoms with Crippen molar-refractivity contribution in [1.82, 2.24) is 4.98 Å². The van der Waals surface area contributed by atoms with Crippen LogP contribution in [0, 0.1) is 0 Å². The van der Waals surface area contributed by atoms with Gasteiger partial charge in [-0.25, -0.2) is 0 Å². The first-order valence-electron chi connectivity index (χ1n) is 6.67. The lowest BCUT2D eigenvalue weighted by Gasteiger charge is -2.04. The normalized spacial score (nSPS) is 11.2. The van der Waals surface area contributed by atoms with Gasteiger partial charge in [-0.3, -0.25) is 0 Å². The molecule has 4 aromatic rings. The van der Waals surface area contributed by atoms with Gasteiger partial charge in [-0.1, -0.05) is 18.2 Å². The molecule has 0 saturated heterocycles. The third kappa shape index (κ3) is 1.93. The monoisotopic (exact) mass is 262 g/mol. The summed E-state index contributed by atoms with van der Waals surface area (Å²) in [4.78, 5) is 3.19. The van der Waals surface area contributed by atoms with Crippen LogP contribution in [0.25, 0.3) is 21.9 Å². The molecule has 2 heterocycles. The fraction of sp³-hybridized carbons (Fsp3) is 0.0588. The van der Waals surface area contributed by atoms with Crippen LogP contribution < -0.4 is 5.32 Å². The molecule has 0 aliphatic carbocycles. The van der Waals surface area contributed by atoms with E-state index in [-0.39, 0.29) is 0 Å². The highest BCUT2D eigenvalue weighted by atomic mass is 16.3. The van der Waals surface area contributed by atoms with Crippen molar-refractivity contribution in [1.29, 1.82) is 0 Å². The second-order valence-corrected chi connectivity index (χ2v) is 4.88. The highest BCUT2D eigenvalue weighted by Crippen LogP contribution is 2.21. The number of anilines is 1. The number of aromatic nitrogens is 1. The molecule has 0 spiro atoms. The lowest BCUT2D eigenvalue weighted by molar-refractivity contribution is 0.559. The molecule has 2 N–H and O–H groups in total. The zero-order valence-corrected chi connectivity index (χ0v) is 10.9. The molecule has 0 saturated carbocycles. The van der Waals surface area contributed by atoms with E-state index in [1.807, 2.05) is 24.4 Å². The molecule has 2 aromatic carbocycles. The van der Waals surface area contributed by atoms with Gasteiger partial charge in [0.05, 0.1) is 6.54 Å². The number of para-hydroxylation sites is 1. The Hall–Kier alpha value is -2.68. The molecule has 0 fully saturated rings. The number of aromatic amines is 1. The second-order valence-electron chi connectivity index (χ2n) is 4.88. The van der Waals surface area contributed by atoms with Gasteiger partial charge in [0.15, 0.2) is 0 Å². The molecular weight excluding hydrogens is 248 g/mol. The lowest BCUT2D eigenvalue weighted by Crippen LogP contribution is -1.97. The first-order valence-corrected chi connectivity index (χ1v) is 6.67. The smallest absolute Gasteiger partial charge is 0.134 e. The van der Waals surface area contributed by atoms with Gasteiger partial charge in [0, 0.05) is 28.2 Å². The Morgan fingerprint density at radius 2 is 1.90 bits per heavy atom. The Morgan fingerprint density at radius 3 is 2.85 bits per heavy atom. The second kappa shape index (κ2) is 4.46. The van der Waals surface area contributed by atoms with E-state index in [1.54, 1.807) is 0 Å². The number of hydrogen-bond acceptors (Lipinski definition) is 2. The third-order valence-corrected chi connectivity index (χ3v) is 3.50. The zero-order valence-electron chi connectivity index (χ0n) is 10.9. The van der Waals surface area contributed by atoms with Crippen LogP contribution in [-0.4, -0.2) is 4.98 Å². The molecule has 0 atom stereocenters. The van der Waals surface area contributed by atoms with Crippen molar-refractivity contribution in [2.75, 3.05) is 5.32 Å². The fourth-order valence-electron chi connectivity index (χ4n) is 2.48. The minimum absolute atomic E-state index is 0.685. The van der Waals surface area contributed by atoms with E-state index in [4.69, 9.17) is 4.42 Å². The number of fused-ring (bicyclic) bond motifs is 2. The average Bonchev–Trinajstić information content (AvgIpc) is 3.10. The lowest BCUT2D eigenvalue weighted by atomic mass is 10.2. The fourth-order valence-corrected chi connectivity index (χ4v) is 2.48. The quantitative estimate of drug-likeness (QED) is 0.569. The number of furan rings is 1. The standard InChI is InChI=1S/C17H14N2O/c1-2-4-17-13(3-1)10-15(20-17)11-19-14-5-6-16-12(9-14)7-8-18-16/h1-10,18-19H,11H2. The van der Waals surface area contributed by atoms with Gasteiger partial charge in [0.1, 0.15) is 11.3 Å². The van der Waals surface area contributed by atoms with Crippen molar-refractivity contribution >= 4 is 27.6 Å². The van der Waals surface area contributed by atoms with E-state index in [1.165, 1.54) is 5.39 Å². The van der Waals surface area contributed by atoms with Gasteiger partial charge < -0.3 is 14.7 Å². The molecular formula is C17H14N2O. The van der Waals surface area contributed by atoms with Gasteiger partial charge in [-0.05, 0) is 36.4 Å². The summed E-state index contributed by atoms with van der Waals surface area (Å²) in [5, 5.41) is 5.75. The molecule has 4 rings (SSSR count). The molecule has 20 heavy (non-hydrogen) atoms. The molecule has 0 aliphatic heterocycles. The SMILES string of the molecule is c1ccc2oc(CNc3ccc4[nH]ccc4c3)cc2c1. The molecule has 0 bridgehead atoms. The van der Waals surface area contributed by atoms with Crippen molar-refractivity contribution in [3.8, 4) is 0 Å². The van der Waals surface area contributed by atoms with Crippen molar-refractivity contribution in [2.24, 2.45) is 0 Å². The summed E-state index contributed by atoms with van der Waals surface area (Å²) >= 11 is 0. The maximum Gasteiger partial charge on any atom is 0.134 e. The molecule has 2 aromatic heterocycles. The Kier molecular flexibility index (Phi) is 2.49. The molecule has 0 unspecified atom stereocenters. The Morgan fingerprint density at radius 1 is 0.950 bits per heavy atom. The molecule has 0 amide bonds. The number of rotatable bonds is 3. The first-order chi connectivity index (χ1) is 9.88. The van der Waals surface area contributed by atoms with Gasteiger partial charge >= 0.3 is 0 Å². The topological polar surface area (TPSA) is 41.0 Å². The number of H-pyrrole nitrogens is 1. The molecule has 3 nitrogen and oxygen atoms in total. The minimum atomic E-state index is 0.685. The van der Waals surface area contributed by atoms with E-state index >= 15 is 0 Å². The predicted octanol–water partition coefficient (Wildman–Crippen LogP) is 4.53. The molecule has 0 aliphatic rings. The van der Waals surface area contributed by atoms with Crippen LogP contribution in [0.3, 0.4) is 0 Å². The van der Waals surface area contributed by atoms with Crippen LogP contribution in [-0.2, 0) is 6.54 Å². The van der Waals surface area contributed by atoms with Crippen molar-refractivity contribution in [2.45, 2.75) is 6.54 Å². The van der Waals surface area contributed by atoms with Crippen LogP contribution in [0.4, 0.5) is 5.69 Å². The molecule has 3 heteroatoms. The van der Waals surface area contributed by atoms with Crippen LogP contribution in [0.5, 0.6) is 0 Å². The highest BCUT2D eigenvalue weighted by Gasteiger charge is 2.03. The van der Waals surface area contributed by atoms with Crippen LogP contribution >= 0.6 is 0 Å². The number of nitrogens with one attached hydrogen (secondary N) is 2. The van der Waals surface area contributed by atoms with E-state index in [9.17, 15) is 0 Å². The van der Waals surface area contributed by atoms with Gasteiger partial charge in [-0.15, -0.1) is 0 Å². The Labute approximate surface area is 116 Å². The third-order valence-electron chi connectivity index (χ3n) is 3.50. The Bertz CT molecular complexity index is 838. The van der Waals surface area contributed by atoms with Crippen LogP contribution in [0.15, 0.2) is 65.2 Å².